The molecule has 2 aromatic rings. The number of ether oxygens (including phenoxy) is 1. The van der Waals surface area contributed by atoms with Crippen LogP contribution in [-0.2, 0) is 14.8 Å². The molecule has 0 radical (unpaired) electrons. The van der Waals surface area contributed by atoms with Crippen LogP contribution in [0.15, 0.2) is 47.8 Å². The molecule has 2 heterocycles. The van der Waals surface area contributed by atoms with E-state index in [9.17, 15) is 12.8 Å². The molecule has 0 aliphatic carbocycles. The highest BCUT2D eigenvalue weighted by Gasteiger charge is 2.33. The van der Waals surface area contributed by atoms with Gasteiger partial charge in [-0.2, -0.15) is 4.31 Å². The van der Waals surface area contributed by atoms with Crippen LogP contribution in [0.4, 0.5) is 4.39 Å². The van der Waals surface area contributed by atoms with Crippen molar-refractivity contribution in [3.63, 3.8) is 0 Å². The maximum absolute atomic E-state index is 13.8. The van der Waals surface area contributed by atoms with Gasteiger partial charge in [0.1, 0.15) is 16.8 Å². The molecule has 6 nitrogen and oxygen atoms in total. The lowest BCUT2D eigenvalue weighted by atomic mass is 10.2. The van der Waals surface area contributed by atoms with Gasteiger partial charge in [0.05, 0.1) is 18.5 Å². The Labute approximate surface area is 127 Å². The van der Waals surface area contributed by atoms with Crippen LogP contribution in [-0.4, -0.2) is 42.4 Å². The summed E-state index contributed by atoms with van der Waals surface area (Å²) in [7, 11) is -3.90. The molecule has 0 saturated carbocycles. The summed E-state index contributed by atoms with van der Waals surface area (Å²) in [5.74, 6) is -0.759. The van der Waals surface area contributed by atoms with Crippen LogP contribution in [0.5, 0.6) is 0 Å². The highest BCUT2D eigenvalue weighted by molar-refractivity contribution is 7.89. The molecule has 1 unspecified atom stereocenters. The summed E-state index contributed by atoms with van der Waals surface area (Å²) >= 11 is 0. The zero-order valence-electron chi connectivity index (χ0n) is 11.6. The number of hydrogen-bond acceptors (Lipinski definition) is 5. The standard InChI is InChI=1S/C14H14FN3O3S/c15-11-3-1-2-4-14(11)22(19,20)18-7-8-21-13(10-18)12-9-16-5-6-17-12/h1-6,9,13H,7-8,10H2. The minimum Gasteiger partial charge on any atom is -0.369 e. The van der Waals surface area contributed by atoms with Gasteiger partial charge in [-0.3, -0.25) is 9.97 Å². The molecule has 0 bridgehead atoms. The molecule has 8 heteroatoms. The number of morpholine rings is 1. The van der Waals surface area contributed by atoms with Crippen molar-refractivity contribution in [2.75, 3.05) is 19.7 Å². The van der Waals surface area contributed by atoms with E-state index < -0.39 is 21.9 Å². The minimum atomic E-state index is -3.90. The molecule has 1 fully saturated rings. The number of hydrogen-bond donors (Lipinski definition) is 0. The molecule has 116 valence electrons. The summed E-state index contributed by atoms with van der Waals surface area (Å²) < 4.78 is 45.7. The van der Waals surface area contributed by atoms with E-state index in [-0.39, 0.29) is 24.6 Å². The van der Waals surface area contributed by atoms with Crippen molar-refractivity contribution in [3.05, 3.63) is 54.4 Å². The quantitative estimate of drug-likeness (QED) is 0.853. The average Bonchev–Trinajstić information content (AvgIpc) is 2.56. The highest BCUT2D eigenvalue weighted by Crippen LogP contribution is 2.26. The predicted octanol–water partition coefficient (Wildman–Crippen LogP) is 1.38. The Balaban J connectivity index is 1.87. The molecule has 0 amide bonds. The lowest BCUT2D eigenvalue weighted by Crippen LogP contribution is -2.42. The molecule has 0 N–H and O–H groups in total. The van der Waals surface area contributed by atoms with Crippen LogP contribution in [0.25, 0.3) is 0 Å². The maximum atomic E-state index is 13.8. The molecule has 1 aromatic heterocycles. The maximum Gasteiger partial charge on any atom is 0.246 e. The van der Waals surface area contributed by atoms with Gasteiger partial charge < -0.3 is 4.74 Å². The first kappa shape index (κ1) is 15.0. The van der Waals surface area contributed by atoms with E-state index in [1.165, 1.54) is 41.1 Å². The monoisotopic (exact) mass is 323 g/mol. The van der Waals surface area contributed by atoms with Crippen LogP contribution in [0.2, 0.25) is 0 Å². The topological polar surface area (TPSA) is 72.4 Å². The van der Waals surface area contributed by atoms with Crippen molar-refractivity contribution in [1.82, 2.24) is 14.3 Å². The van der Waals surface area contributed by atoms with Gasteiger partial charge in [0, 0.05) is 25.5 Å². The molecule has 1 atom stereocenters. The molecule has 22 heavy (non-hydrogen) atoms. The fraction of sp³-hybridized carbons (Fsp3) is 0.286. The summed E-state index contributed by atoms with van der Waals surface area (Å²) in [6, 6.07) is 5.34. The van der Waals surface area contributed by atoms with Gasteiger partial charge in [-0.05, 0) is 12.1 Å². The molecular formula is C14H14FN3O3S. The number of aromatic nitrogens is 2. The van der Waals surface area contributed by atoms with Crippen molar-refractivity contribution in [2.24, 2.45) is 0 Å². The molecule has 3 rings (SSSR count). The first-order valence-corrected chi connectivity index (χ1v) is 8.15. The van der Waals surface area contributed by atoms with E-state index >= 15 is 0 Å². The first-order chi connectivity index (χ1) is 10.6. The fourth-order valence-corrected chi connectivity index (χ4v) is 3.78. The Morgan fingerprint density at radius 1 is 1.27 bits per heavy atom. The van der Waals surface area contributed by atoms with Crippen LogP contribution in [0.3, 0.4) is 0 Å². The van der Waals surface area contributed by atoms with Crippen LogP contribution in [0, 0.1) is 5.82 Å². The van der Waals surface area contributed by atoms with Gasteiger partial charge in [0.15, 0.2) is 0 Å². The summed E-state index contributed by atoms with van der Waals surface area (Å²) in [4.78, 5) is 7.75. The molecule has 1 saturated heterocycles. The van der Waals surface area contributed by atoms with Gasteiger partial charge in [0.2, 0.25) is 10.0 Å². The van der Waals surface area contributed by atoms with Crippen molar-refractivity contribution in [1.29, 1.82) is 0 Å². The average molecular weight is 323 g/mol. The third kappa shape index (κ3) is 2.85. The summed E-state index contributed by atoms with van der Waals surface area (Å²) in [5, 5.41) is 0. The van der Waals surface area contributed by atoms with Crippen molar-refractivity contribution in [2.45, 2.75) is 11.0 Å². The van der Waals surface area contributed by atoms with Gasteiger partial charge >= 0.3 is 0 Å². The number of nitrogens with zero attached hydrogens (tertiary/aromatic N) is 3. The van der Waals surface area contributed by atoms with Gasteiger partial charge in [-0.15, -0.1) is 0 Å². The molecule has 0 spiro atoms. The predicted molar refractivity (Wildman–Crippen MR) is 75.9 cm³/mol. The second-order valence-electron chi connectivity index (χ2n) is 4.78. The van der Waals surface area contributed by atoms with E-state index in [1.54, 1.807) is 0 Å². The third-order valence-corrected chi connectivity index (χ3v) is 5.30. The largest absolute Gasteiger partial charge is 0.369 e. The van der Waals surface area contributed by atoms with Crippen LogP contribution in [0.1, 0.15) is 11.8 Å². The normalized spacial score (nSPS) is 20.0. The number of halogens is 1. The number of benzene rings is 1. The zero-order chi connectivity index (χ0) is 15.6. The van der Waals surface area contributed by atoms with E-state index in [4.69, 9.17) is 4.74 Å². The Kier molecular flexibility index (Phi) is 4.14. The van der Waals surface area contributed by atoms with Crippen molar-refractivity contribution < 1.29 is 17.5 Å². The molecule has 1 aromatic carbocycles. The van der Waals surface area contributed by atoms with E-state index in [1.807, 2.05) is 0 Å². The smallest absolute Gasteiger partial charge is 0.246 e. The molecule has 1 aliphatic rings. The van der Waals surface area contributed by atoms with E-state index in [2.05, 4.69) is 9.97 Å². The van der Waals surface area contributed by atoms with Crippen molar-refractivity contribution in [3.8, 4) is 0 Å². The second kappa shape index (κ2) is 6.07. The van der Waals surface area contributed by atoms with E-state index in [0.29, 0.717) is 5.69 Å². The Bertz CT molecular complexity index is 755. The second-order valence-corrected chi connectivity index (χ2v) is 6.69. The van der Waals surface area contributed by atoms with E-state index in [0.717, 1.165) is 6.07 Å². The Morgan fingerprint density at radius 2 is 2.09 bits per heavy atom. The summed E-state index contributed by atoms with van der Waals surface area (Å²) in [6.45, 7) is 0.470. The van der Waals surface area contributed by atoms with Gasteiger partial charge in [-0.1, -0.05) is 12.1 Å². The summed E-state index contributed by atoms with van der Waals surface area (Å²) in [6.07, 6.45) is 4.07. The first-order valence-electron chi connectivity index (χ1n) is 6.71. The zero-order valence-corrected chi connectivity index (χ0v) is 12.4. The lowest BCUT2D eigenvalue weighted by molar-refractivity contribution is -0.00520. The minimum absolute atomic E-state index is 0.0787. The van der Waals surface area contributed by atoms with Gasteiger partial charge in [-0.25, -0.2) is 12.8 Å². The van der Waals surface area contributed by atoms with Crippen LogP contribution < -0.4 is 0 Å². The molecule has 1 aliphatic heterocycles. The Hall–Kier alpha value is -1.90. The highest BCUT2D eigenvalue weighted by atomic mass is 32.2. The number of rotatable bonds is 3. The SMILES string of the molecule is O=S(=O)(c1ccccc1F)N1CCOC(c2cnccn2)C1. The van der Waals surface area contributed by atoms with Crippen molar-refractivity contribution >= 4 is 10.0 Å². The van der Waals surface area contributed by atoms with Gasteiger partial charge in [0.25, 0.3) is 0 Å². The third-order valence-electron chi connectivity index (χ3n) is 3.40. The fourth-order valence-electron chi connectivity index (χ4n) is 2.29. The lowest BCUT2D eigenvalue weighted by Gasteiger charge is -2.31. The Morgan fingerprint density at radius 3 is 2.82 bits per heavy atom. The summed E-state index contributed by atoms with van der Waals surface area (Å²) in [5.41, 5.74) is 0.552. The number of sulfonamides is 1. The van der Waals surface area contributed by atoms with Crippen LogP contribution >= 0.6 is 0 Å². The molecular weight excluding hydrogens is 309 g/mol.